The number of amides is 1. The summed E-state index contributed by atoms with van der Waals surface area (Å²) in [6.45, 7) is 6.07. The van der Waals surface area contributed by atoms with Crippen LogP contribution in [0.2, 0.25) is 0 Å². The average molecular weight is 365 g/mol. The minimum Gasteiger partial charge on any atom is -0.444 e. The number of ether oxygens (including phenoxy) is 1. The van der Waals surface area contributed by atoms with Gasteiger partial charge in [-0.2, -0.15) is 5.26 Å². The first-order valence-electron chi connectivity index (χ1n) is 8.05. The molecule has 1 N–H and O–H groups in total. The lowest BCUT2D eigenvalue weighted by molar-refractivity contribution is 0.0292. The van der Waals surface area contributed by atoms with Crippen molar-refractivity contribution in [1.29, 1.82) is 5.26 Å². The molecule has 1 saturated heterocycles. The Morgan fingerprint density at radius 2 is 2.08 bits per heavy atom. The molecule has 136 valence electrons. The van der Waals surface area contributed by atoms with Crippen LogP contribution in [0.1, 0.15) is 38.3 Å². The second-order valence-electron chi connectivity index (χ2n) is 7.06. The van der Waals surface area contributed by atoms with Gasteiger partial charge in [0.05, 0.1) is 17.4 Å². The number of nitrogens with one attached hydrogen (secondary N) is 1. The summed E-state index contributed by atoms with van der Waals surface area (Å²) in [5, 5.41) is 9.06. The Morgan fingerprint density at radius 3 is 2.72 bits per heavy atom. The molecule has 1 heterocycles. The molecule has 1 aliphatic heterocycles. The summed E-state index contributed by atoms with van der Waals surface area (Å²) in [5.74, 6) is -0.264. The fourth-order valence-electron chi connectivity index (χ4n) is 2.60. The first-order valence-corrected chi connectivity index (χ1v) is 9.71. The number of nitrogens with zero attached hydrogens (tertiary/aromatic N) is 2. The molecule has 1 fully saturated rings. The second kappa shape index (κ2) is 7.42. The van der Waals surface area contributed by atoms with Crippen LogP contribution in [0.5, 0.6) is 0 Å². The Kier molecular flexibility index (Phi) is 5.70. The summed E-state index contributed by atoms with van der Waals surface area (Å²) >= 11 is 0. The molecule has 1 atom stereocenters. The smallest absolute Gasteiger partial charge is 0.410 e. The topological polar surface area (TPSA) is 99.5 Å². The molecular formula is C17H23N3O4S. The number of likely N-dealkylation sites (tertiary alicyclic amines) is 1. The summed E-state index contributed by atoms with van der Waals surface area (Å²) in [6, 6.07) is 8.24. The van der Waals surface area contributed by atoms with Gasteiger partial charge in [-0.05, 0) is 38.8 Å². The standard InChI is InChI=1S/C17H23N3O4S/c1-17(2,3)24-16(21)20-9-8-15(11-20)19-25(22,23)12-14-7-5-4-6-13(14)10-18/h4-7,15,19H,8-9,11-12H2,1-3H3. The van der Waals surface area contributed by atoms with Gasteiger partial charge in [-0.3, -0.25) is 0 Å². The predicted molar refractivity (Wildman–Crippen MR) is 93.1 cm³/mol. The molecule has 25 heavy (non-hydrogen) atoms. The van der Waals surface area contributed by atoms with E-state index in [9.17, 15) is 13.2 Å². The average Bonchev–Trinajstić information content (AvgIpc) is 2.93. The Balaban J connectivity index is 1.96. The van der Waals surface area contributed by atoms with E-state index in [1.165, 1.54) is 4.90 Å². The Bertz CT molecular complexity index is 778. The molecule has 7 nitrogen and oxygen atoms in total. The maximum atomic E-state index is 12.4. The molecule has 2 rings (SSSR count). The van der Waals surface area contributed by atoms with Gasteiger partial charge in [-0.1, -0.05) is 18.2 Å². The highest BCUT2D eigenvalue weighted by molar-refractivity contribution is 7.88. The maximum Gasteiger partial charge on any atom is 0.410 e. The molecule has 1 unspecified atom stereocenters. The van der Waals surface area contributed by atoms with Gasteiger partial charge in [0.1, 0.15) is 5.60 Å². The zero-order chi connectivity index (χ0) is 18.7. The lowest BCUT2D eigenvalue weighted by atomic mass is 10.1. The van der Waals surface area contributed by atoms with Crippen LogP contribution in [0.15, 0.2) is 24.3 Å². The van der Waals surface area contributed by atoms with E-state index in [0.717, 1.165) is 0 Å². The molecule has 0 radical (unpaired) electrons. The third-order valence-electron chi connectivity index (χ3n) is 3.67. The van der Waals surface area contributed by atoms with E-state index >= 15 is 0 Å². The minimum atomic E-state index is -3.61. The Hall–Kier alpha value is -2.11. The highest BCUT2D eigenvalue weighted by Crippen LogP contribution is 2.17. The van der Waals surface area contributed by atoms with Crippen LogP contribution in [0.3, 0.4) is 0 Å². The van der Waals surface area contributed by atoms with Gasteiger partial charge in [0.2, 0.25) is 10.0 Å². The second-order valence-corrected chi connectivity index (χ2v) is 8.81. The van der Waals surface area contributed by atoms with Crippen LogP contribution in [0, 0.1) is 11.3 Å². The zero-order valence-corrected chi connectivity index (χ0v) is 15.5. The van der Waals surface area contributed by atoms with Crippen molar-refractivity contribution >= 4 is 16.1 Å². The van der Waals surface area contributed by atoms with E-state index in [1.54, 1.807) is 45.0 Å². The fraction of sp³-hybridized carbons (Fsp3) is 0.529. The predicted octanol–water partition coefficient (Wildman–Crippen LogP) is 1.99. The van der Waals surface area contributed by atoms with Gasteiger partial charge in [0, 0.05) is 19.1 Å². The zero-order valence-electron chi connectivity index (χ0n) is 14.7. The van der Waals surface area contributed by atoms with E-state index in [0.29, 0.717) is 24.1 Å². The van der Waals surface area contributed by atoms with Crippen LogP contribution in [-0.2, 0) is 20.5 Å². The first-order chi connectivity index (χ1) is 11.6. The quantitative estimate of drug-likeness (QED) is 0.879. The molecular weight excluding hydrogens is 342 g/mol. The maximum absolute atomic E-state index is 12.4. The van der Waals surface area contributed by atoms with Crippen molar-refractivity contribution < 1.29 is 17.9 Å². The summed E-state index contributed by atoms with van der Waals surface area (Å²) in [4.78, 5) is 13.5. The number of sulfonamides is 1. The van der Waals surface area contributed by atoms with Gasteiger partial charge >= 0.3 is 6.09 Å². The molecule has 1 amide bonds. The summed E-state index contributed by atoms with van der Waals surface area (Å²) in [7, 11) is -3.61. The van der Waals surface area contributed by atoms with Gasteiger partial charge < -0.3 is 9.64 Å². The van der Waals surface area contributed by atoms with Crippen LogP contribution in [0.25, 0.3) is 0 Å². The van der Waals surface area contributed by atoms with Crippen LogP contribution in [0.4, 0.5) is 4.79 Å². The van der Waals surface area contributed by atoms with Crippen molar-refractivity contribution in [3.8, 4) is 6.07 Å². The lowest BCUT2D eigenvalue weighted by Crippen LogP contribution is -2.40. The number of rotatable bonds is 4. The van der Waals surface area contributed by atoms with Gasteiger partial charge in [0.25, 0.3) is 0 Å². The van der Waals surface area contributed by atoms with Crippen LogP contribution >= 0.6 is 0 Å². The third-order valence-corrected chi connectivity index (χ3v) is 5.05. The Labute approximate surface area is 148 Å². The highest BCUT2D eigenvalue weighted by Gasteiger charge is 2.32. The number of carbonyl (C=O) groups is 1. The van der Waals surface area contributed by atoms with Crippen LogP contribution in [-0.4, -0.2) is 44.1 Å². The Morgan fingerprint density at radius 1 is 1.40 bits per heavy atom. The molecule has 1 aromatic rings. The van der Waals surface area contributed by atoms with Crippen molar-refractivity contribution in [2.45, 2.75) is 44.6 Å². The first kappa shape index (κ1) is 19.2. The fourth-order valence-corrected chi connectivity index (χ4v) is 4.05. The van der Waals surface area contributed by atoms with E-state index in [2.05, 4.69) is 4.72 Å². The molecule has 0 bridgehead atoms. The summed E-state index contributed by atoms with van der Waals surface area (Å²) in [6.07, 6.45) is 0.0854. The molecule has 0 spiro atoms. The van der Waals surface area contributed by atoms with Gasteiger partial charge in [-0.25, -0.2) is 17.9 Å². The number of nitriles is 1. The molecule has 8 heteroatoms. The van der Waals surface area contributed by atoms with Crippen molar-refractivity contribution in [2.75, 3.05) is 13.1 Å². The van der Waals surface area contributed by atoms with E-state index in [4.69, 9.17) is 10.00 Å². The van der Waals surface area contributed by atoms with E-state index < -0.39 is 21.7 Å². The number of hydrogen-bond donors (Lipinski definition) is 1. The molecule has 1 aromatic carbocycles. The van der Waals surface area contributed by atoms with Crippen molar-refractivity contribution in [1.82, 2.24) is 9.62 Å². The molecule has 0 aromatic heterocycles. The molecule has 0 aliphatic carbocycles. The van der Waals surface area contributed by atoms with Gasteiger partial charge in [-0.15, -0.1) is 0 Å². The van der Waals surface area contributed by atoms with Crippen LogP contribution < -0.4 is 4.72 Å². The molecule has 0 saturated carbocycles. The third kappa shape index (κ3) is 5.73. The summed E-state index contributed by atoms with van der Waals surface area (Å²) < 4.78 is 32.7. The number of hydrogen-bond acceptors (Lipinski definition) is 5. The largest absolute Gasteiger partial charge is 0.444 e. The number of carbonyl (C=O) groups excluding carboxylic acids is 1. The minimum absolute atomic E-state index is 0.264. The van der Waals surface area contributed by atoms with Crippen molar-refractivity contribution in [2.24, 2.45) is 0 Å². The van der Waals surface area contributed by atoms with Gasteiger partial charge in [0.15, 0.2) is 0 Å². The van der Waals surface area contributed by atoms with E-state index in [1.807, 2.05) is 6.07 Å². The summed E-state index contributed by atoms with van der Waals surface area (Å²) in [5.41, 5.74) is 0.213. The van der Waals surface area contributed by atoms with Crippen molar-refractivity contribution in [3.05, 3.63) is 35.4 Å². The monoisotopic (exact) mass is 365 g/mol. The SMILES string of the molecule is CC(C)(C)OC(=O)N1CCC(NS(=O)(=O)Cc2ccccc2C#N)C1. The van der Waals surface area contributed by atoms with E-state index in [-0.39, 0.29) is 18.3 Å². The molecule has 1 aliphatic rings. The number of benzene rings is 1. The normalized spacial score (nSPS) is 18.0. The lowest BCUT2D eigenvalue weighted by Gasteiger charge is -2.24. The highest BCUT2D eigenvalue weighted by atomic mass is 32.2. The van der Waals surface area contributed by atoms with Crippen molar-refractivity contribution in [3.63, 3.8) is 0 Å².